The summed E-state index contributed by atoms with van der Waals surface area (Å²) in [4.78, 5) is 28.2. The largest absolute Gasteiger partial charge is 0.368 e. The molecule has 11 nitrogen and oxygen atoms in total. The van der Waals surface area contributed by atoms with Crippen LogP contribution < -0.4 is 16.0 Å². The fraction of sp³-hybridized carbons (Fsp3) is 0.267. The molecule has 5 aromatic rings. The minimum atomic E-state index is -3.98. The van der Waals surface area contributed by atoms with Gasteiger partial charge < -0.3 is 20.5 Å². The van der Waals surface area contributed by atoms with Crippen LogP contribution in [0, 0.1) is 27.7 Å². The number of rotatable bonds is 7. The number of carbonyl (C=O) groups excluding carboxylic acids is 1. The van der Waals surface area contributed by atoms with E-state index in [9.17, 15) is 13.2 Å². The van der Waals surface area contributed by atoms with Gasteiger partial charge in [-0.15, -0.1) is 0 Å². The van der Waals surface area contributed by atoms with Crippen LogP contribution in [0.3, 0.4) is 0 Å². The van der Waals surface area contributed by atoms with Crippen LogP contribution in [0.25, 0.3) is 16.7 Å². The molecule has 1 saturated heterocycles. The summed E-state index contributed by atoms with van der Waals surface area (Å²) in [6.07, 6.45) is 6.28. The number of fused-ring (bicyclic) bond motifs is 1. The number of hydrogen-bond donors (Lipinski definition) is 2. The van der Waals surface area contributed by atoms with Crippen LogP contribution in [-0.4, -0.2) is 50.4 Å². The molecular weight excluding hydrogens is 552 g/mol. The van der Waals surface area contributed by atoms with Gasteiger partial charge >= 0.3 is 0 Å². The molecule has 1 aliphatic heterocycles. The van der Waals surface area contributed by atoms with Gasteiger partial charge in [-0.25, -0.2) is 22.4 Å². The number of primary amides is 1. The Hall–Kier alpha value is -4.71. The number of nitrogens with one attached hydrogen (secondary N) is 1. The van der Waals surface area contributed by atoms with Gasteiger partial charge in [-0.05, 0) is 87.6 Å². The lowest BCUT2D eigenvalue weighted by Gasteiger charge is -2.25. The smallest absolute Gasteiger partial charge is 0.268 e. The van der Waals surface area contributed by atoms with Crippen molar-refractivity contribution in [1.82, 2.24) is 23.5 Å². The average Bonchev–Trinajstić information content (AvgIpc) is 3.71. The zero-order valence-corrected chi connectivity index (χ0v) is 24.7. The van der Waals surface area contributed by atoms with Crippen molar-refractivity contribution < 1.29 is 13.2 Å². The zero-order chi connectivity index (χ0) is 29.8. The van der Waals surface area contributed by atoms with Crippen molar-refractivity contribution in [2.75, 3.05) is 16.8 Å². The van der Waals surface area contributed by atoms with Crippen LogP contribution in [0.15, 0.2) is 66.1 Å². The monoisotopic (exact) mass is 584 g/mol. The van der Waals surface area contributed by atoms with Gasteiger partial charge in [-0.3, -0.25) is 4.79 Å². The van der Waals surface area contributed by atoms with Gasteiger partial charge in [0.05, 0.1) is 16.6 Å². The number of nitrogens with two attached hydrogens (primary N) is 1. The topological polar surface area (TPSA) is 141 Å². The molecule has 4 heterocycles. The fourth-order valence-corrected chi connectivity index (χ4v) is 6.75. The van der Waals surface area contributed by atoms with Gasteiger partial charge in [0.25, 0.3) is 10.0 Å². The van der Waals surface area contributed by atoms with Crippen molar-refractivity contribution in [3.05, 3.63) is 83.4 Å². The number of imidazole rings is 1. The fourth-order valence-electron chi connectivity index (χ4n) is 5.40. The zero-order valence-electron chi connectivity index (χ0n) is 23.9. The average molecular weight is 585 g/mol. The van der Waals surface area contributed by atoms with Gasteiger partial charge in [0.15, 0.2) is 11.6 Å². The van der Waals surface area contributed by atoms with Crippen LogP contribution in [0.5, 0.6) is 0 Å². The summed E-state index contributed by atoms with van der Waals surface area (Å²) in [6, 6.07) is 11.9. The van der Waals surface area contributed by atoms with E-state index in [1.165, 1.54) is 26.9 Å². The number of anilines is 3. The SMILES string of the molecule is Cc1ccc(S(=O)(=O)n2ccc3nc(Nc4cn(-c5cc(C)c(C)c(C)c5)cn4)nc(N4CCC[C@H]4C(N)=O)c32)cc1. The van der Waals surface area contributed by atoms with Crippen molar-refractivity contribution in [2.24, 2.45) is 5.73 Å². The second-order valence-corrected chi connectivity index (χ2v) is 12.6. The molecule has 42 heavy (non-hydrogen) atoms. The highest BCUT2D eigenvalue weighted by molar-refractivity contribution is 7.90. The minimum absolute atomic E-state index is 0.138. The Morgan fingerprint density at radius 1 is 1.02 bits per heavy atom. The lowest BCUT2D eigenvalue weighted by atomic mass is 10.0. The molecule has 3 aromatic heterocycles. The van der Waals surface area contributed by atoms with E-state index in [4.69, 9.17) is 10.7 Å². The lowest BCUT2D eigenvalue weighted by molar-refractivity contribution is -0.119. The first-order valence-corrected chi connectivity index (χ1v) is 15.1. The van der Waals surface area contributed by atoms with Gasteiger partial charge in [-0.2, -0.15) is 4.98 Å². The van der Waals surface area contributed by atoms with Gasteiger partial charge in [-0.1, -0.05) is 17.7 Å². The molecule has 1 fully saturated rings. The third-order valence-electron chi connectivity index (χ3n) is 7.94. The summed E-state index contributed by atoms with van der Waals surface area (Å²) < 4.78 is 30.6. The molecule has 0 radical (unpaired) electrons. The first kappa shape index (κ1) is 27.5. The molecule has 0 saturated carbocycles. The molecule has 0 spiro atoms. The van der Waals surface area contributed by atoms with Crippen molar-refractivity contribution in [3.63, 3.8) is 0 Å². The van der Waals surface area contributed by atoms with E-state index in [0.29, 0.717) is 36.5 Å². The van der Waals surface area contributed by atoms with E-state index in [1.807, 2.05) is 17.7 Å². The number of aryl methyl sites for hydroxylation is 3. The Labute approximate surface area is 244 Å². The molecule has 0 bridgehead atoms. The molecule has 2 aromatic carbocycles. The predicted molar refractivity (Wildman–Crippen MR) is 162 cm³/mol. The highest BCUT2D eigenvalue weighted by atomic mass is 32.2. The second kappa shape index (κ2) is 10.3. The number of benzene rings is 2. The molecule has 1 amide bonds. The Morgan fingerprint density at radius 3 is 2.43 bits per heavy atom. The second-order valence-electron chi connectivity index (χ2n) is 10.8. The number of amides is 1. The Kier molecular flexibility index (Phi) is 6.72. The number of aromatic nitrogens is 5. The van der Waals surface area contributed by atoms with Crippen LogP contribution in [-0.2, 0) is 14.8 Å². The molecule has 216 valence electrons. The molecule has 0 aliphatic carbocycles. The summed E-state index contributed by atoms with van der Waals surface area (Å²) in [7, 11) is -3.98. The summed E-state index contributed by atoms with van der Waals surface area (Å²) in [5.41, 5.74) is 12.0. The molecule has 12 heteroatoms. The maximum Gasteiger partial charge on any atom is 0.268 e. The summed E-state index contributed by atoms with van der Waals surface area (Å²) >= 11 is 0. The van der Waals surface area contributed by atoms with Crippen molar-refractivity contribution in [2.45, 2.75) is 51.5 Å². The predicted octanol–water partition coefficient (Wildman–Crippen LogP) is 4.29. The number of hydrogen-bond acceptors (Lipinski definition) is 8. The number of carbonyl (C=O) groups is 1. The molecule has 1 aliphatic rings. The Bertz CT molecular complexity index is 1920. The Morgan fingerprint density at radius 2 is 1.74 bits per heavy atom. The van der Waals surface area contributed by atoms with Crippen molar-refractivity contribution in [3.8, 4) is 5.69 Å². The highest BCUT2D eigenvalue weighted by Gasteiger charge is 2.34. The van der Waals surface area contributed by atoms with Gasteiger partial charge in [0.2, 0.25) is 11.9 Å². The van der Waals surface area contributed by atoms with Crippen LogP contribution in [0.1, 0.15) is 35.1 Å². The van der Waals surface area contributed by atoms with Crippen molar-refractivity contribution in [1.29, 1.82) is 0 Å². The molecule has 1 atom stereocenters. The summed E-state index contributed by atoms with van der Waals surface area (Å²) in [5.74, 6) is 0.555. The lowest BCUT2D eigenvalue weighted by Crippen LogP contribution is -2.41. The molecule has 3 N–H and O–H groups in total. The Balaban J connectivity index is 1.44. The maximum atomic E-state index is 13.8. The first-order chi connectivity index (χ1) is 20.0. The van der Waals surface area contributed by atoms with E-state index < -0.39 is 22.0 Å². The highest BCUT2D eigenvalue weighted by Crippen LogP contribution is 2.34. The molecular formula is C30H32N8O3S. The normalized spacial score (nSPS) is 15.4. The first-order valence-electron chi connectivity index (χ1n) is 13.7. The van der Waals surface area contributed by atoms with E-state index in [2.05, 4.69) is 48.2 Å². The summed E-state index contributed by atoms with van der Waals surface area (Å²) in [6.45, 7) is 8.65. The number of nitrogens with zero attached hydrogens (tertiary/aromatic N) is 6. The van der Waals surface area contributed by atoms with Crippen LogP contribution >= 0.6 is 0 Å². The summed E-state index contributed by atoms with van der Waals surface area (Å²) in [5, 5.41) is 3.16. The third-order valence-corrected chi connectivity index (χ3v) is 9.63. The minimum Gasteiger partial charge on any atom is -0.368 e. The maximum absolute atomic E-state index is 13.8. The molecule has 0 unspecified atom stereocenters. The standard InChI is InChI=1S/C30H32N8O3S/c1-18-7-9-23(10-8-18)42(40,41)38-13-11-24-27(38)29(37-12-5-6-25(37)28(31)39)35-30(33-24)34-26-16-36(17-32-26)22-14-19(2)21(4)20(3)15-22/h7-11,13-17,25H,5-6,12H2,1-4H3,(H2,31,39)(H,33,34,35)/t25-/m0/s1. The van der Waals surface area contributed by atoms with Gasteiger partial charge in [0.1, 0.15) is 17.9 Å². The van der Waals surface area contributed by atoms with Crippen LogP contribution in [0.4, 0.5) is 17.6 Å². The van der Waals surface area contributed by atoms with E-state index in [-0.39, 0.29) is 16.4 Å². The van der Waals surface area contributed by atoms with E-state index in [0.717, 1.165) is 11.3 Å². The van der Waals surface area contributed by atoms with Crippen molar-refractivity contribution >= 4 is 44.5 Å². The van der Waals surface area contributed by atoms with E-state index >= 15 is 0 Å². The van der Waals surface area contributed by atoms with Crippen LogP contribution in [0.2, 0.25) is 0 Å². The van der Waals surface area contributed by atoms with E-state index in [1.54, 1.807) is 41.6 Å². The van der Waals surface area contributed by atoms with Gasteiger partial charge in [0, 0.05) is 18.4 Å². The molecule has 6 rings (SSSR count). The quantitative estimate of drug-likeness (QED) is 0.289. The third kappa shape index (κ3) is 4.77.